The smallest absolute Gasteiger partial charge is 0.256 e. The average Bonchev–Trinajstić information content (AvgIpc) is 3.12. The van der Waals surface area contributed by atoms with Crippen molar-refractivity contribution in [2.75, 3.05) is 0 Å². The van der Waals surface area contributed by atoms with Gasteiger partial charge < -0.3 is 9.73 Å². The molecule has 3 aromatic rings. The van der Waals surface area contributed by atoms with E-state index in [1.165, 1.54) is 12.8 Å². The fraction of sp³-hybridized carbons (Fsp3) is 0.450. The Bertz CT molecular complexity index is 923. The van der Waals surface area contributed by atoms with Gasteiger partial charge in [0, 0.05) is 11.7 Å². The molecule has 1 amide bonds. The van der Waals surface area contributed by atoms with Gasteiger partial charge in [-0.15, -0.1) is 0 Å². The number of hydrogen-bond donors (Lipinski definition) is 1. The molecule has 6 heteroatoms. The molecule has 0 radical (unpaired) electrons. The Labute approximate surface area is 152 Å². The van der Waals surface area contributed by atoms with E-state index in [9.17, 15) is 4.79 Å². The number of hydrogen-bond acceptors (Lipinski definition) is 4. The summed E-state index contributed by atoms with van der Waals surface area (Å²) in [7, 11) is 0. The van der Waals surface area contributed by atoms with Crippen LogP contribution in [0.2, 0.25) is 0 Å². The van der Waals surface area contributed by atoms with Crippen LogP contribution in [0, 0.1) is 18.8 Å². The van der Waals surface area contributed by atoms with E-state index in [0.717, 1.165) is 12.1 Å². The summed E-state index contributed by atoms with van der Waals surface area (Å²) in [6.07, 6.45) is 6.63. The molecule has 1 unspecified atom stereocenters. The molecule has 0 aromatic carbocycles. The zero-order valence-electron chi connectivity index (χ0n) is 15.4. The van der Waals surface area contributed by atoms with Gasteiger partial charge in [-0.2, -0.15) is 5.10 Å². The number of carbonyl (C=O) groups excluding carboxylic acids is 1. The van der Waals surface area contributed by atoms with Gasteiger partial charge in [0.1, 0.15) is 11.3 Å². The third kappa shape index (κ3) is 3.23. The minimum atomic E-state index is -0.0963. The van der Waals surface area contributed by atoms with Gasteiger partial charge in [0.2, 0.25) is 0 Å². The molecule has 4 rings (SSSR count). The normalized spacial score (nSPS) is 15.5. The Hall–Kier alpha value is -2.63. The van der Waals surface area contributed by atoms with E-state index >= 15 is 0 Å². The number of furan rings is 1. The van der Waals surface area contributed by atoms with E-state index in [-0.39, 0.29) is 11.9 Å². The first-order chi connectivity index (χ1) is 12.5. The molecule has 0 bridgehead atoms. The minimum Gasteiger partial charge on any atom is -0.463 e. The number of nitrogens with one attached hydrogen (secondary N) is 1. The van der Waals surface area contributed by atoms with Gasteiger partial charge in [-0.25, -0.2) is 9.50 Å². The molecule has 0 saturated heterocycles. The molecular weight excluding hydrogens is 328 g/mol. The molecule has 1 aliphatic rings. The van der Waals surface area contributed by atoms with Crippen molar-refractivity contribution in [2.24, 2.45) is 11.8 Å². The van der Waals surface area contributed by atoms with Gasteiger partial charge in [0.15, 0.2) is 11.4 Å². The molecule has 1 fully saturated rings. The zero-order chi connectivity index (χ0) is 18.3. The van der Waals surface area contributed by atoms with Crippen molar-refractivity contribution in [2.45, 2.75) is 46.1 Å². The van der Waals surface area contributed by atoms with Gasteiger partial charge in [-0.05, 0) is 56.2 Å². The van der Waals surface area contributed by atoms with Crippen molar-refractivity contribution in [3.05, 3.63) is 41.9 Å². The van der Waals surface area contributed by atoms with Gasteiger partial charge in [0.05, 0.1) is 12.5 Å². The summed E-state index contributed by atoms with van der Waals surface area (Å²) in [5.74, 6) is 1.74. The Morgan fingerprint density at radius 2 is 2.23 bits per heavy atom. The summed E-state index contributed by atoms with van der Waals surface area (Å²) < 4.78 is 7.16. The van der Waals surface area contributed by atoms with Crippen LogP contribution in [0.15, 0.2) is 35.1 Å². The molecule has 1 aliphatic carbocycles. The minimum absolute atomic E-state index is 0.0963. The maximum absolute atomic E-state index is 12.9. The number of nitrogens with zero attached hydrogens (tertiary/aromatic N) is 3. The molecule has 0 aliphatic heterocycles. The lowest BCUT2D eigenvalue weighted by Gasteiger charge is -2.20. The van der Waals surface area contributed by atoms with Crippen molar-refractivity contribution in [1.29, 1.82) is 0 Å². The van der Waals surface area contributed by atoms with E-state index in [2.05, 4.69) is 29.2 Å². The topological polar surface area (TPSA) is 72.4 Å². The Morgan fingerprint density at radius 1 is 1.42 bits per heavy atom. The van der Waals surface area contributed by atoms with Crippen molar-refractivity contribution in [1.82, 2.24) is 19.9 Å². The molecule has 0 spiro atoms. The van der Waals surface area contributed by atoms with Crippen LogP contribution in [0.1, 0.15) is 49.2 Å². The van der Waals surface area contributed by atoms with Crippen molar-refractivity contribution in [3.63, 3.8) is 0 Å². The standard InChI is InChI=1S/C20H24N4O2/c1-12(2)9-16(14-6-7-14)23-20(25)15-11-21-24-13(3)10-17(22-19(15)24)18-5-4-8-26-18/h4-5,8,10-12,14,16H,6-7,9H2,1-3H3,(H,23,25). The first-order valence-corrected chi connectivity index (χ1v) is 9.23. The van der Waals surface area contributed by atoms with Crippen LogP contribution in [-0.2, 0) is 0 Å². The predicted molar refractivity (Wildman–Crippen MR) is 98.9 cm³/mol. The molecular formula is C20H24N4O2. The maximum Gasteiger partial charge on any atom is 0.256 e. The number of aryl methyl sites for hydroxylation is 1. The highest BCUT2D eigenvalue weighted by Crippen LogP contribution is 2.35. The Morgan fingerprint density at radius 3 is 2.88 bits per heavy atom. The van der Waals surface area contributed by atoms with Crippen LogP contribution in [-0.4, -0.2) is 26.5 Å². The first kappa shape index (κ1) is 16.8. The van der Waals surface area contributed by atoms with Crippen LogP contribution < -0.4 is 5.32 Å². The van der Waals surface area contributed by atoms with Crippen LogP contribution in [0.25, 0.3) is 17.1 Å². The molecule has 1 atom stereocenters. The molecule has 3 aromatic heterocycles. The maximum atomic E-state index is 12.9. The van der Waals surface area contributed by atoms with E-state index in [1.807, 2.05) is 25.1 Å². The summed E-state index contributed by atoms with van der Waals surface area (Å²) in [4.78, 5) is 17.6. The molecule has 6 nitrogen and oxygen atoms in total. The molecule has 136 valence electrons. The van der Waals surface area contributed by atoms with Gasteiger partial charge in [-0.1, -0.05) is 13.8 Å². The second kappa shape index (κ2) is 6.59. The number of rotatable bonds is 6. The molecule has 1 N–H and O–H groups in total. The first-order valence-electron chi connectivity index (χ1n) is 9.23. The summed E-state index contributed by atoms with van der Waals surface area (Å²) >= 11 is 0. The number of fused-ring (bicyclic) bond motifs is 1. The van der Waals surface area contributed by atoms with E-state index in [1.54, 1.807) is 17.0 Å². The summed E-state index contributed by atoms with van der Waals surface area (Å²) in [6, 6.07) is 5.82. The third-order valence-electron chi connectivity index (χ3n) is 4.90. The lowest BCUT2D eigenvalue weighted by atomic mass is 9.99. The second-order valence-corrected chi connectivity index (χ2v) is 7.60. The van der Waals surface area contributed by atoms with E-state index in [4.69, 9.17) is 4.42 Å². The second-order valence-electron chi connectivity index (χ2n) is 7.60. The molecule has 1 saturated carbocycles. The lowest BCUT2D eigenvalue weighted by Crippen LogP contribution is -2.37. The van der Waals surface area contributed by atoms with Crippen LogP contribution in [0.3, 0.4) is 0 Å². The van der Waals surface area contributed by atoms with Crippen LogP contribution in [0.4, 0.5) is 0 Å². The van der Waals surface area contributed by atoms with Crippen molar-refractivity contribution in [3.8, 4) is 11.5 Å². The average molecular weight is 352 g/mol. The van der Waals surface area contributed by atoms with Gasteiger partial charge in [0.25, 0.3) is 5.91 Å². The highest BCUT2D eigenvalue weighted by atomic mass is 16.3. The van der Waals surface area contributed by atoms with Crippen LogP contribution >= 0.6 is 0 Å². The van der Waals surface area contributed by atoms with Crippen LogP contribution in [0.5, 0.6) is 0 Å². The monoisotopic (exact) mass is 352 g/mol. The highest BCUT2D eigenvalue weighted by molar-refractivity contribution is 6.00. The number of aromatic nitrogens is 3. The summed E-state index contributed by atoms with van der Waals surface area (Å²) in [5, 5.41) is 7.58. The molecule has 3 heterocycles. The van der Waals surface area contributed by atoms with E-state index in [0.29, 0.717) is 34.5 Å². The predicted octanol–water partition coefficient (Wildman–Crippen LogP) is 3.85. The highest BCUT2D eigenvalue weighted by Gasteiger charge is 2.33. The van der Waals surface area contributed by atoms with Gasteiger partial charge >= 0.3 is 0 Å². The quantitative estimate of drug-likeness (QED) is 0.731. The van der Waals surface area contributed by atoms with Crippen molar-refractivity contribution < 1.29 is 9.21 Å². The summed E-state index contributed by atoms with van der Waals surface area (Å²) in [5.41, 5.74) is 2.68. The van der Waals surface area contributed by atoms with Gasteiger partial charge in [-0.3, -0.25) is 4.79 Å². The van der Waals surface area contributed by atoms with Crippen molar-refractivity contribution >= 4 is 11.6 Å². The van der Waals surface area contributed by atoms with E-state index < -0.39 is 0 Å². The largest absolute Gasteiger partial charge is 0.463 e. The summed E-state index contributed by atoms with van der Waals surface area (Å²) in [6.45, 7) is 6.33. The third-order valence-corrected chi connectivity index (χ3v) is 4.90. The Balaban J connectivity index is 1.66. The number of amides is 1. The number of carbonyl (C=O) groups is 1. The SMILES string of the molecule is Cc1cc(-c2ccco2)nc2c(C(=O)NC(CC(C)C)C3CC3)cnn12. The fourth-order valence-corrected chi connectivity index (χ4v) is 3.45. The lowest BCUT2D eigenvalue weighted by molar-refractivity contribution is 0.0928. The fourth-order valence-electron chi connectivity index (χ4n) is 3.45. The Kier molecular flexibility index (Phi) is 4.26. The zero-order valence-corrected chi connectivity index (χ0v) is 15.4. The molecule has 26 heavy (non-hydrogen) atoms.